The first-order valence-electron chi connectivity index (χ1n) is 21.7. The van der Waals surface area contributed by atoms with E-state index in [2.05, 4.69) is 63.8 Å². The number of alkyl carbamates (subject to hydrolysis) is 1. The van der Waals surface area contributed by atoms with E-state index in [0.717, 1.165) is 81.7 Å². The number of carbonyl (C=O) groups is 4. The number of aromatic nitrogens is 4. The second-order valence-corrected chi connectivity index (χ2v) is 16.9. The molecule has 330 valence electrons. The molecule has 3 amide bonds. The van der Waals surface area contributed by atoms with Crippen LogP contribution in [0, 0.1) is 17.8 Å². The van der Waals surface area contributed by atoms with Crippen LogP contribution in [0.4, 0.5) is 4.79 Å². The lowest BCUT2D eigenvalue weighted by Crippen LogP contribution is -2.51. The van der Waals surface area contributed by atoms with Crippen molar-refractivity contribution in [1.82, 2.24) is 35.1 Å². The fourth-order valence-electron chi connectivity index (χ4n) is 8.60. The number of aromatic amines is 2. The Labute approximate surface area is 362 Å². The highest BCUT2D eigenvalue weighted by Crippen LogP contribution is 2.37. The maximum Gasteiger partial charge on any atom is 0.407 e. The number of benzene rings is 3. The Hall–Kier alpha value is -5.80. The Morgan fingerprint density at radius 3 is 1.63 bits per heavy atom. The summed E-state index contributed by atoms with van der Waals surface area (Å²) in [5.41, 5.74) is 7.58. The van der Waals surface area contributed by atoms with E-state index < -0.39 is 24.0 Å². The summed E-state index contributed by atoms with van der Waals surface area (Å²) in [7, 11) is 3.08. The predicted octanol–water partition coefficient (Wildman–Crippen LogP) is 7.35. The third-order valence-electron chi connectivity index (χ3n) is 12.0. The third kappa shape index (κ3) is 9.94. The molecular weight excluding hydrogens is 791 g/mol. The highest BCUT2D eigenvalue weighted by molar-refractivity contribution is 5.88. The molecule has 0 aliphatic carbocycles. The lowest BCUT2D eigenvalue weighted by molar-refractivity contribution is -0.151. The molecular formula is C47H59N7O8. The first-order valence-corrected chi connectivity index (χ1v) is 21.7. The van der Waals surface area contributed by atoms with Crippen molar-refractivity contribution >= 4 is 45.9 Å². The van der Waals surface area contributed by atoms with Crippen molar-refractivity contribution in [2.24, 2.45) is 17.8 Å². The highest BCUT2D eigenvalue weighted by atomic mass is 16.6. The molecule has 0 unspecified atom stereocenters. The van der Waals surface area contributed by atoms with Gasteiger partial charge < -0.3 is 44.0 Å². The average Bonchev–Trinajstić information content (AvgIpc) is 4.10. The van der Waals surface area contributed by atoms with Gasteiger partial charge in [-0.1, -0.05) is 64.1 Å². The maximum absolute atomic E-state index is 13.9. The Morgan fingerprint density at radius 2 is 1.15 bits per heavy atom. The van der Waals surface area contributed by atoms with Gasteiger partial charge >= 0.3 is 12.1 Å². The van der Waals surface area contributed by atoms with Crippen LogP contribution in [0.1, 0.15) is 83.5 Å². The largest absolute Gasteiger partial charge is 0.463 e. The number of nitrogens with one attached hydrogen (secondary N) is 3. The molecule has 7 rings (SSSR count). The van der Waals surface area contributed by atoms with E-state index in [0.29, 0.717) is 19.7 Å². The van der Waals surface area contributed by atoms with Gasteiger partial charge in [0.15, 0.2) is 0 Å². The van der Waals surface area contributed by atoms with Crippen LogP contribution in [0.3, 0.4) is 0 Å². The zero-order chi connectivity index (χ0) is 43.9. The number of H-pyrrole nitrogens is 2. The van der Waals surface area contributed by atoms with Gasteiger partial charge in [0.2, 0.25) is 11.8 Å². The van der Waals surface area contributed by atoms with Crippen LogP contribution in [-0.4, -0.2) is 113 Å². The van der Waals surface area contributed by atoms with Crippen LogP contribution in [0.2, 0.25) is 0 Å². The number of amides is 3. The number of nitrogens with zero attached hydrogens (tertiary/aromatic N) is 4. The minimum atomic E-state index is -0.732. The number of ether oxygens (including phenoxy) is 4. The molecule has 4 atom stereocenters. The van der Waals surface area contributed by atoms with Crippen molar-refractivity contribution < 1.29 is 38.1 Å². The van der Waals surface area contributed by atoms with Crippen molar-refractivity contribution in [1.29, 1.82) is 0 Å². The first-order chi connectivity index (χ1) is 29.9. The number of carbonyl (C=O) groups excluding carboxylic acids is 4. The quantitative estimate of drug-likeness (QED) is 0.0633. The standard InChI is InChI=1S/C47H59N7O8/c1-28(2)34(27-41(55)61-23-21-59-5)45(56)53-19-7-9-39(53)43-48-35-17-15-32(25-37(35)50-43)30-11-13-31(14-12-30)33-16-18-36-38(26-33)51-44(49-36)40-10-8-20-54(40)46(57)42(29(3)4)52-47(58)62-24-22-60-6/h11-18,25-26,28-29,34,39-40,42H,7-10,19-24,27H2,1-6H3,(H,48,50)(H,49,51)(H,52,58)/t34-,39-,40-,42-/m0/s1. The summed E-state index contributed by atoms with van der Waals surface area (Å²) in [4.78, 5) is 73.3. The SMILES string of the molecule is COCCOC(=O)C[C@H](C(=O)N1CCC[C@H]1c1nc2ccc(-c3ccc(-c4ccc5nc([C@@H]6CCCN6C(=O)[C@@H](NC(=O)OCCOC)C(C)C)[nH]c5c4)cc3)cc2[nH]1)C(C)C. The molecule has 2 saturated heterocycles. The summed E-state index contributed by atoms with van der Waals surface area (Å²) >= 11 is 0. The van der Waals surface area contributed by atoms with Crippen LogP contribution in [0.15, 0.2) is 60.7 Å². The van der Waals surface area contributed by atoms with Crippen molar-refractivity contribution in [3.63, 3.8) is 0 Å². The fourth-order valence-corrected chi connectivity index (χ4v) is 8.60. The van der Waals surface area contributed by atoms with Gasteiger partial charge in [-0.2, -0.15) is 0 Å². The average molecular weight is 850 g/mol. The Kier molecular flexibility index (Phi) is 14.2. The highest BCUT2D eigenvalue weighted by Gasteiger charge is 2.39. The van der Waals surface area contributed by atoms with Crippen molar-refractivity contribution in [2.75, 3.05) is 53.7 Å². The number of rotatable bonds is 17. The lowest BCUT2D eigenvalue weighted by Gasteiger charge is -2.30. The zero-order valence-electron chi connectivity index (χ0n) is 36.6. The topological polar surface area (TPSA) is 181 Å². The third-order valence-corrected chi connectivity index (χ3v) is 12.0. The minimum Gasteiger partial charge on any atom is -0.463 e. The summed E-state index contributed by atoms with van der Waals surface area (Å²) in [5, 5.41) is 2.76. The van der Waals surface area contributed by atoms with E-state index in [1.54, 1.807) is 7.11 Å². The van der Waals surface area contributed by atoms with Gasteiger partial charge in [0.1, 0.15) is 30.9 Å². The Bertz CT molecular complexity index is 2190. The molecule has 2 fully saturated rings. The number of imidazole rings is 2. The van der Waals surface area contributed by atoms with Gasteiger partial charge in [-0.3, -0.25) is 14.4 Å². The maximum atomic E-state index is 13.9. The summed E-state index contributed by atoms with van der Waals surface area (Å²) in [6.45, 7) is 9.79. The summed E-state index contributed by atoms with van der Waals surface area (Å²) < 4.78 is 20.4. The van der Waals surface area contributed by atoms with Crippen LogP contribution in [0.25, 0.3) is 44.3 Å². The molecule has 0 bridgehead atoms. The Morgan fingerprint density at radius 1 is 0.661 bits per heavy atom. The molecule has 4 heterocycles. The number of hydrogen-bond acceptors (Lipinski definition) is 10. The monoisotopic (exact) mass is 849 g/mol. The molecule has 0 spiro atoms. The molecule has 3 N–H and O–H groups in total. The van der Waals surface area contributed by atoms with Crippen LogP contribution < -0.4 is 5.32 Å². The van der Waals surface area contributed by atoms with E-state index in [-0.39, 0.29) is 62.0 Å². The van der Waals surface area contributed by atoms with E-state index in [9.17, 15) is 19.2 Å². The summed E-state index contributed by atoms with van der Waals surface area (Å²) in [5.74, 6) is 0.228. The van der Waals surface area contributed by atoms with Crippen LogP contribution >= 0.6 is 0 Å². The smallest absolute Gasteiger partial charge is 0.407 e. The van der Waals surface area contributed by atoms with E-state index in [1.165, 1.54) is 7.11 Å². The second-order valence-electron chi connectivity index (χ2n) is 16.9. The van der Waals surface area contributed by atoms with Gasteiger partial charge in [0.05, 0.1) is 59.7 Å². The number of esters is 1. The molecule has 2 aliphatic heterocycles. The van der Waals surface area contributed by atoms with Gasteiger partial charge in [-0.15, -0.1) is 0 Å². The first kappa shape index (κ1) is 44.3. The van der Waals surface area contributed by atoms with Gasteiger partial charge in [-0.05, 0) is 84.0 Å². The zero-order valence-corrected chi connectivity index (χ0v) is 36.6. The number of hydrogen-bond donors (Lipinski definition) is 3. The molecule has 3 aromatic carbocycles. The molecule has 15 nitrogen and oxygen atoms in total. The number of likely N-dealkylation sites (tertiary alicyclic amines) is 2. The second kappa shape index (κ2) is 19.9. The van der Waals surface area contributed by atoms with Crippen molar-refractivity contribution in [3.8, 4) is 22.3 Å². The fraction of sp³-hybridized carbons (Fsp3) is 0.489. The molecule has 5 aromatic rings. The van der Waals surface area contributed by atoms with E-state index in [1.807, 2.05) is 49.6 Å². The molecule has 62 heavy (non-hydrogen) atoms. The molecule has 2 aromatic heterocycles. The van der Waals surface area contributed by atoms with E-state index in [4.69, 9.17) is 28.9 Å². The molecule has 15 heteroatoms. The van der Waals surface area contributed by atoms with Crippen LogP contribution in [-0.2, 0) is 33.3 Å². The van der Waals surface area contributed by atoms with E-state index >= 15 is 0 Å². The molecule has 0 radical (unpaired) electrons. The Balaban J connectivity index is 1.03. The normalized spacial score (nSPS) is 17.6. The number of fused-ring (bicyclic) bond motifs is 2. The lowest BCUT2D eigenvalue weighted by atomic mass is 9.90. The number of methoxy groups -OCH3 is 2. The van der Waals surface area contributed by atoms with Crippen molar-refractivity contribution in [2.45, 2.75) is 77.9 Å². The molecule has 0 saturated carbocycles. The van der Waals surface area contributed by atoms with Gasteiger partial charge in [0.25, 0.3) is 0 Å². The van der Waals surface area contributed by atoms with Gasteiger partial charge in [-0.25, -0.2) is 14.8 Å². The minimum absolute atomic E-state index is 0.0315. The summed E-state index contributed by atoms with van der Waals surface area (Å²) in [6.07, 6.45) is 2.64. The molecule has 2 aliphatic rings. The predicted molar refractivity (Wildman–Crippen MR) is 235 cm³/mol. The van der Waals surface area contributed by atoms with Crippen molar-refractivity contribution in [3.05, 3.63) is 72.3 Å². The summed E-state index contributed by atoms with van der Waals surface area (Å²) in [6, 6.07) is 19.6. The van der Waals surface area contributed by atoms with Crippen LogP contribution in [0.5, 0.6) is 0 Å². The van der Waals surface area contributed by atoms with Gasteiger partial charge in [0, 0.05) is 27.3 Å².